The number of aromatic carboxylic acids is 1. The van der Waals surface area contributed by atoms with Crippen LogP contribution < -0.4 is 16.1 Å². The van der Waals surface area contributed by atoms with E-state index in [1.807, 2.05) is 4.90 Å². The topological polar surface area (TPSA) is 88.6 Å². The van der Waals surface area contributed by atoms with Gasteiger partial charge in [-0.25, -0.2) is 9.18 Å². The summed E-state index contributed by atoms with van der Waals surface area (Å²) in [6.45, 7) is 1.03. The van der Waals surface area contributed by atoms with Crippen LogP contribution in [0, 0.1) is 5.82 Å². The van der Waals surface area contributed by atoms with Crippen LogP contribution in [0.4, 0.5) is 10.1 Å². The molecule has 1 atom stereocenters. The molecule has 6 nitrogen and oxygen atoms in total. The molecule has 0 amide bonds. The van der Waals surface area contributed by atoms with Gasteiger partial charge in [0.05, 0.1) is 21.6 Å². The first kappa shape index (κ1) is 16.4. The van der Waals surface area contributed by atoms with Gasteiger partial charge >= 0.3 is 5.97 Å². The molecule has 0 unspecified atom stereocenters. The van der Waals surface area contributed by atoms with Crippen molar-refractivity contribution < 1.29 is 14.3 Å². The van der Waals surface area contributed by atoms with Crippen molar-refractivity contribution in [3.63, 3.8) is 0 Å². The highest BCUT2D eigenvalue weighted by atomic mass is 35.5. The van der Waals surface area contributed by atoms with Crippen LogP contribution in [-0.2, 0) is 0 Å². The molecule has 2 heterocycles. The Bertz CT molecular complexity index is 953. The number of benzene rings is 1. The average Bonchev–Trinajstić information content (AvgIpc) is 3.36. The maximum atomic E-state index is 14.8. The number of anilines is 1. The molecule has 132 valence electrons. The summed E-state index contributed by atoms with van der Waals surface area (Å²) in [5, 5.41) is 9.43. The number of nitrogens with zero attached hydrogens (tertiary/aromatic N) is 2. The van der Waals surface area contributed by atoms with Crippen molar-refractivity contribution in [1.29, 1.82) is 0 Å². The Morgan fingerprint density at radius 1 is 1.40 bits per heavy atom. The summed E-state index contributed by atoms with van der Waals surface area (Å²) < 4.78 is 16.5. The lowest BCUT2D eigenvalue weighted by Gasteiger charge is -2.43. The molecule has 4 rings (SSSR count). The van der Waals surface area contributed by atoms with Crippen LogP contribution in [0.3, 0.4) is 0 Å². The number of hydrogen-bond acceptors (Lipinski definition) is 4. The monoisotopic (exact) mass is 365 g/mol. The summed E-state index contributed by atoms with van der Waals surface area (Å²) in [5.41, 5.74) is 5.27. The fourth-order valence-corrected chi connectivity index (χ4v) is 3.87. The Kier molecular flexibility index (Phi) is 3.73. The van der Waals surface area contributed by atoms with E-state index >= 15 is 0 Å². The number of carboxylic acids is 1. The van der Waals surface area contributed by atoms with E-state index in [0.717, 1.165) is 25.3 Å². The predicted molar refractivity (Wildman–Crippen MR) is 93.2 cm³/mol. The zero-order chi connectivity index (χ0) is 17.9. The maximum absolute atomic E-state index is 14.8. The third-order valence-corrected chi connectivity index (χ3v) is 5.42. The number of fused-ring (bicyclic) bond motifs is 1. The highest BCUT2D eigenvalue weighted by Crippen LogP contribution is 2.43. The zero-order valence-electron chi connectivity index (χ0n) is 13.3. The minimum absolute atomic E-state index is 0.00266. The Morgan fingerprint density at radius 2 is 2.12 bits per heavy atom. The fraction of sp³-hybridized carbons (Fsp3) is 0.412. The molecular formula is C17H17ClFN3O3. The van der Waals surface area contributed by atoms with E-state index in [-0.39, 0.29) is 33.7 Å². The Labute approximate surface area is 147 Å². The molecule has 2 fully saturated rings. The number of halogens is 2. The predicted octanol–water partition coefficient (Wildman–Crippen LogP) is 2.36. The van der Waals surface area contributed by atoms with Gasteiger partial charge in [0.15, 0.2) is 0 Å². The lowest BCUT2D eigenvalue weighted by atomic mass is 10.0. The highest BCUT2D eigenvalue weighted by molar-refractivity contribution is 6.38. The molecule has 2 aromatic rings. The first-order valence-electron chi connectivity index (χ1n) is 8.21. The molecular weight excluding hydrogens is 349 g/mol. The number of hydrogen-bond donors (Lipinski definition) is 2. The molecule has 0 radical (unpaired) electrons. The standard InChI is InChI=1S/C17H17ClFN3O3/c18-13-14-10(5-12(19)15(13)21-4-3-9(21)6-20)16(23)11(17(24)25)7-22(14)8-1-2-8/h5,7-9H,1-4,6,20H2,(H,24,25)/t9-/m0/s1. The van der Waals surface area contributed by atoms with E-state index in [0.29, 0.717) is 18.6 Å². The highest BCUT2D eigenvalue weighted by Gasteiger charge is 2.34. The van der Waals surface area contributed by atoms with E-state index in [1.54, 1.807) is 4.57 Å². The zero-order valence-corrected chi connectivity index (χ0v) is 14.1. The molecule has 25 heavy (non-hydrogen) atoms. The summed E-state index contributed by atoms with van der Waals surface area (Å²) in [6.07, 6.45) is 3.93. The molecule has 1 saturated heterocycles. The summed E-state index contributed by atoms with van der Waals surface area (Å²) in [4.78, 5) is 25.7. The largest absolute Gasteiger partial charge is 0.477 e. The second kappa shape index (κ2) is 5.71. The van der Waals surface area contributed by atoms with Crippen LogP contribution in [0.5, 0.6) is 0 Å². The number of carbonyl (C=O) groups is 1. The summed E-state index contributed by atoms with van der Waals surface area (Å²) in [6, 6.07) is 1.21. The number of carboxylic acid groups (broad SMARTS) is 1. The van der Waals surface area contributed by atoms with Crippen molar-refractivity contribution in [2.24, 2.45) is 5.73 Å². The molecule has 0 spiro atoms. The summed E-state index contributed by atoms with van der Waals surface area (Å²) in [7, 11) is 0. The van der Waals surface area contributed by atoms with Crippen molar-refractivity contribution in [3.8, 4) is 0 Å². The second-order valence-electron chi connectivity index (χ2n) is 6.60. The third kappa shape index (κ3) is 2.41. The van der Waals surface area contributed by atoms with Crippen LogP contribution in [0.2, 0.25) is 5.02 Å². The minimum atomic E-state index is -1.33. The molecule has 3 N–H and O–H groups in total. The molecule has 1 aliphatic carbocycles. The van der Waals surface area contributed by atoms with Crippen molar-refractivity contribution >= 4 is 34.2 Å². The van der Waals surface area contributed by atoms with Gasteiger partial charge in [-0.2, -0.15) is 0 Å². The molecule has 1 aromatic heterocycles. The molecule has 1 aliphatic heterocycles. The van der Waals surface area contributed by atoms with Crippen molar-refractivity contribution in [2.45, 2.75) is 31.3 Å². The SMILES string of the molecule is NC[C@@H]1CCN1c1c(F)cc2c(=O)c(C(=O)O)cn(C3CC3)c2c1Cl. The van der Waals surface area contributed by atoms with Crippen molar-refractivity contribution in [1.82, 2.24) is 4.57 Å². The van der Waals surface area contributed by atoms with Crippen LogP contribution in [0.15, 0.2) is 17.1 Å². The molecule has 2 aliphatic rings. The third-order valence-electron chi connectivity index (χ3n) is 5.06. The van der Waals surface area contributed by atoms with Crippen molar-refractivity contribution in [3.05, 3.63) is 38.9 Å². The quantitative estimate of drug-likeness (QED) is 0.868. The fourth-order valence-electron chi connectivity index (χ4n) is 3.47. The van der Waals surface area contributed by atoms with E-state index in [2.05, 4.69) is 0 Å². The average molecular weight is 366 g/mol. The maximum Gasteiger partial charge on any atom is 0.341 e. The van der Waals surface area contributed by atoms with Gasteiger partial charge in [0.1, 0.15) is 11.4 Å². The summed E-state index contributed by atoms with van der Waals surface area (Å²) >= 11 is 6.53. The smallest absolute Gasteiger partial charge is 0.341 e. The van der Waals surface area contributed by atoms with E-state index in [1.165, 1.54) is 6.20 Å². The van der Waals surface area contributed by atoms with Crippen LogP contribution in [0.1, 0.15) is 35.7 Å². The van der Waals surface area contributed by atoms with Gasteiger partial charge < -0.3 is 20.3 Å². The van der Waals surface area contributed by atoms with Crippen molar-refractivity contribution in [2.75, 3.05) is 18.0 Å². The Morgan fingerprint density at radius 3 is 2.64 bits per heavy atom. The van der Waals surface area contributed by atoms with E-state index in [9.17, 15) is 19.1 Å². The van der Waals surface area contributed by atoms with Gasteiger partial charge in [0.25, 0.3) is 0 Å². The van der Waals surface area contributed by atoms with Crippen LogP contribution >= 0.6 is 11.6 Å². The van der Waals surface area contributed by atoms with Gasteiger partial charge in [-0.1, -0.05) is 11.6 Å². The number of rotatable bonds is 4. The van der Waals surface area contributed by atoms with Gasteiger partial charge in [-0.3, -0.25) is 4.79 Å². The van der Waals surface area contributed by atoms with E-state index < -0.39 is 17.2 Å². The number of pyridine rings is 1. The van der Waals surface area contributed by atoms with Crippen LogP contribution in [-0.4, -0.2) is 34.8 Å². The minimum Gasteiger partial charge on any atom is -0.477 e. The number of aromatic nitrogens is 1. The lowest BCUT2D eigenvalue weighted by Crippen LogP contribution is -2.52. The second-order valence-corrected chi connectivity index (χ2v) is 6.98. The van der Waals surface area contributed by atoms with Gasteiger partial charge in [0.2, 0.25) is 5.43 Å². The first-order chi connectivity index (χ1) is 11.9. The Balaban J connectivity index is 2.03. The van der Waals surface area contributed by atoms with Crippen LogP contribution in [0.25, 0.3) is 10.9 Å². The molecule has 8 heteroatoms. The molecule has 1 saturated carbocycles. The van der Waals surface area contributed by atoms with E-state index in [4.69, 9.17) is 17.3 Å². The molecule has 1 aromatic carbocycles. The molecule has 0 bridgehead atoms. The normalized spacial score (nSPS) is 20.0. The summed E-state index contributed by atoms with van der Waals surface area (Å²) in [5.74, 6) is -1.95. The first-order valence-corrected chi connectivity index (χ1v) is 8.58. The number of nitrogens with two attached hydrogens (primary N) is 1. The Hall–Kier alpha value is -2.12. The van der Waals surface area contributed by atoms with Gasteiger partial charge in [-0.15, -0.1) is 0 Å². The van der Waals surface area contributed by atoms with Gasteiger partial charge in [-0.05, 0) is 25.3 Å². The lowest BCUT2D eigenvalue weighted by molar-refractivity contribution is 0.0695. The van der Waals surface area contributed by atoms with Gasteiger partial charge in [0, 0.05) is 31.4 Å².